The number of carboxylic acids is 1. The Morgan fingerprint density at radius 1 is 1.12 bits per heavy atom. The number of aliphatic carboxylic acids is 1. The number of hydrogen-bond donors (Lipinski definition) is 5. The van der Waals surface area contributed by atoms with Crippen LogP contribution >= 0.6 is 0 Å². The number of unbranched alkanes of at least 4 members (excludes halogenated alkanes) is 2. The predicted octanol–water partition coefficient (Wildman–Crippen LogP) is 1.33. The highest BCUT2D eigenvalue weighted by Gasteiger charge is 2.41. The normalized spacial score (nSPS) is 17.9. The third-order valence-corrected chi connectivity index (χ3v) is 5.74. The average molecular weight is 446 g/mol. The van der Waals surface area contributed by atoms with E-state index in [1.54, 1.807) is 4.90 Å². The molecule has 2 atom stereocenters. The highest BCUT2D eigenvalue weighted by atomic mass is 16.4. The fraction of sp³-hybridized carbons (Fsp3) is 0.565. The molecule has 1 aliphatic heterocycles. The molecule has 0 spiro atoms. The highest BCUT2D eigenvalue weighted by molar-refractivity contribution is 5.85. The number of benzene rings is 1. The summed E-state index contributed by atoms with van der Waals surface area (Å²) in [5.41, 5.74) is 6.42. The molecule has 0 bridgehead atoms. The molecule has 0 aliphatic carbocycles. The Labute approximate surface area is 189 Å². The summed E-state index contributed by atoms with van der Waals surface area (Å²) in [6, 6.07) is 10.0. The van der Waals surface area contributed by atoms with Crippen LogP contribution in [0.3, 0.4) is 0 Å². The van der Waals surface area contributed by atoms with E-state index in [1.165, 1.54) is 5.56 Å². The van der Waals surface area contributed by atoms with Crippen LogP contribution in [0.25, 0.3) is 0 Å². The molecule has 0 aromatic heterocycles. The largest absolute Gasteiger partial charge is 0.481 e. The minimum absolute atomic E-state index is 0.0566. The Morgan fingerprint density at radius 3 is 2.56 bits per heavy atom. The van der Waals surface area contributed by atoms with Gasteiger partial charge in [-0.3, -0.25) is 19.8 Å². The standard InChI is InChI=1S/C23H35N5O4/c24-23(25)26-12-6-2-5-11-20(29)27-15-18-16-28(22(32)19(18)14-21(30)31)13-7-10-17-8-3-1-4-9-17/h1,3-4,8-9,18-19H,2,5-7,10-16H2,(H,27,29)(H,30,31)(H4,24,25,26)/t18-,19+/m1/s1. The van der Waals surface area contributed by atoms with Gasteiger partial charge in [0.15, 0.2) is 5.96 Å². The van der Waals surface area contributed by atoms with Crippen LogP contribution in [0.1, 0.15) is 44.1 Å². The summed E-state index contributed by atoms with van der Waals surface area (Å²) in [5, 5.41) is 21.9. The number of amides is 2. The summed E-state index contributed by atoms with van der Waals surface area (Å²) in [6.45, 7) is 1.98. The molecule has 2 amide bonds. The van der Waals surface area contributed by atoms with Crippen molar-refractivity contribution in [3.05, 3.63) is 35.9 Å². The van der Waals surface area contributed by atoms with Gasteiger partial charge in [-0.15, -0.1) is 0 Å². The van der Waals surface area contributed by atoms with E-state index in [2.05, 4.69) is 22.8 Å². The highest BCUT2D eigenvalue weighted by Crippen LogP contribution is 2.28. The van der Waals surface area contributed by atoms with E-state index in [1.807, 2.05) is 18.2 Å². The van der Waals surface area contributed by atoms with Crippen LogP contribution in [-0.4, -0.2) is 59.9 Å². The topological polar surface area (TPSA) is 149 Å². The second-order valence-corrected chi connectivity index (χ2v) is 8.29. The number of hydrogen-bond acceptors (Lipinski definition) is 4. The summed E-state index contributed by atoms with van der Waals surface area (Å²) < 4.78 is 0. The lowest BCUT2D eigenvalue weighted by molar-refractivity contribution is -0.142. The molecule has 1 aliphatic rings. The van der Waals surface area contributed by atoms with Gasteiger partial charge >= 0.3 is 5.97 Å². The SMILES string of the molecule is N=C(N)NCCCCCC(=O)NC[C@@H]1CN(CCCc2ccccc2)C(=O)[C@H]1CC(=O)O. The molecule has 6 N–H and O–H groups in total. The van der Waals surface area contributed by atoms with Crippen molar-refractivity contribution in [1.29, 1.82) is 5.41 Å². The van der Waals surface area contributed by atoms with E-state index in [-0.39, 0.29) is 30.1 Å². The Kier molecular flexibility index (Phi) is 10.5. The van der Waals surface area contributed by atoms with E-state index in [0.29, 0.717) is 32.6 Å². The average Bonchev–Trinajstić information content (AvgIpc) is 3.04. The zero-order valence-corrected chi connectivity index (χ0v) is 18.5. The Morgan fingerprint density at radius 2 is 1.88 bits per heavy atom. The van der Waals surface area contributed by atoms with Crippen molar-refractivity contribution in [3.8, 4) is 0 Å². The van der Waals surface area contributed by atoms with Gasteiger partial charge in [-0.25, -0.2) is 0 Å². The van der Waals surface area contributed by atoms with E-state index in [9.17, 15) is 19.5 Å². The van der Waals surface area contributed by atoms with Gasteiger partial charge in [0.2, 0.25) is 11.8 Å². The number of guanidine groups is 1. The van der Waals surface area contributed by atoms with Gasteiger partial charge in [-0.2, -0.15) is 0 Å². The molecule has 0 unspecified atom stereocenters. The van der Waals surface area contributed by atoms with Crippen molar-refractivity contribution in [2.45, 2.75) is 44.9 Å². The number of nitrogens with one attached hydrogen (secondary N) is 3. The molecule has 9 nitrogen and oxygen atoms in total. The molecule has 1 aromatic rings. The Hall–Kier alpha value is -3.10. The van der Waals surface area contributed by atoms with Crippen LogP contribution in [-0.2, 0) is 20.8 Å². The fourth-order valence-electron chi connectivity index (χ4n) is 4.05. The second-order valence-electron chi connectivity index (χ2n) is 8.29. The summed E-state index contributed by atoms with van der Waals surface area (Å²) in [5.74, 6) is -2.06. The van der Waals surface area contributed by atoms with Gasteiger partial charge in [-0.05, 0) is 31.2 Å². The molecule has 1 heterocycles. The summed E-state index contributed by atoms with van der Waals surface area (Å²) in [4.78, 5) is 38.0. The molecule has 32 heavy (non-hydrogen) atoms. The first-order valence-corrected chi connectivity index (χ1v) is 11.3. The van der Waals surface area contributed by atoms with Crippen LogP contribution in [0.2, 0.25) is 0 Å². The van der Waals surface area contributed by atoms with Crippen LogP contribution in [0, 0.1) is 17.2 Å². The molecule has 1 saturated heterocycles. The molecule has 0 radical (unpaired) electrons. The molecule has 0 saturated carbocycles. The van der Waals surface area contributed by atoms with E-state index >= 15 is 0 Å². The first kappa shape index (κ1) is 25.2. The molecule has 1 aromatic carbocycles. The lowest BCUT2D eigenvalue weighted by Gasteiger charge is -2.17. The summed E-state index contributed by atoms with van der Waals surface area (Å²) in [6.07, 6.45) is 4.22. The van der Waals surface area contributed by atoms with Crippen molar-refractivity contribution in [2.24, 2.45) is 17.6 Å². The van der Waals surface area contributed by atoms with Crippen molar-refractivity contribution in [3.63, 3.8) is 0 Å². The maximum Gasteiger partial charge on any atom is 0.304 e. The number of likely N-dealkylation sites (tertiary alicyclic amines) is 1. The van der Waals surface area contributed by atoms with E-state index in [0.717, 1.165) is 32.1 Å². The van der Waals surface area contributed by atoms with Crippen LogP contribution < -0.4 is 16.4 Å². The molecular formula is C23H35N5O4. The van der Waals surface area contributed by atoms with E-state index in [4.69, 9.17) is 11.1 Å². The van der Waals surface area contributed by atoms with Crippen molar-refractivity contribution >= 4 is 23.7 Å². The third kappa shape index (κ3) is 8.95. The van der Waals surface area contributed by atoms with Gasteiger partial charge in [0.1, 0.15) is 0 Å². The van der Waals surface area contributed by atoms with Crippen LogP contribution in [0.4, 0.5) is 0 Å². The van der Waals surface area contributed by atoms with Gasteiger partial charge in [0, 0.05) is 38.5 Å². The first-order chi connectivity index (χ1) is 15.4. The minimum atomic E-state index is -0.995. The molecule has 1 fully saturated rings. The van der Waals surface area contributed by atoms with Gasteiger partial charge in [0.05, 0.1) is 12.3 Å². The Bertz CT molecular complexity index is 771. The van der Waals surface area contributed by atoms with Crippen LogP contribution in [0.15, 0.2) is 30.3 Å². The lowest BCUT2D eigenvalue weighted by Crippen LogP contribution is -2.33. The smallest absolute Gasteiger partial charge is 0.304 e. The second kappa shape index (κ2) is 13.3. The first-order valence-electron chi connectivity index (χ1n) is 11.3. The lowest BCUT2D eigenvalue weighted by atomic mass is 9.92. The number of nitrogens with two attached hydrogens (primary N) is 1. The number of aryl methyl sites for hydroxylation is 1. The number of nitrogens with zero attached hydrogens (tertiary/aromatic N) is 1. The molecular weight excluding hydrogens is 410 g/mol. The molecule has 2 rings (SSSR count). The third-order valence-electron chi connectivity index (χ3n) is 5.74. The summed E-state index contributed by atoms with van der Waals surface area (Å²) >= 11 is 0. The quantitative estimate of drug-likeness (QED) is 0.166. The number of carbonyl (C=O) groups is 3. The fourth-order valence-corrected chi connectivity index (χ4v) is 4.05. The molecule has 9 heteroatoms. The number of carboxylic acid groups (broad SMARTS) is 1. The minimum Gasteiger partial charge on any atom is -0.481 e. The van der Waals surface area contributed by atoms with E-state index < -0.39 is 11.9 Å². The zero-order chi connectivity index (χ0) is 23.3. The van der Waals surface area contributed by atoms with Gasteiger partial charge in [0.25, 0.3) is 0 Å². The monoisotopic (exact) mass is 445 g/mol. The maximum absolute atomic E-state index is 12.8. The van der Waals surface area contributed by atoms with Gasteiger partial charge < -0.3 is 26.4 Å². The maximum atomic E-state index is 12.8. The number of carbonyl (C=O) groups excluding carboxylic acids is 2. The zero-order valence-electron chi connectivity index (χ0n) is 18.5. The van der Waals surface area contributed by atoms with Crippen LogP contribution in [0.5, 0.6) is 0 Å². The van der Waals surface area contributed by atoms with Gasteiger partial charge in [-0.1, -0.05) is 36.8 Å². The Balaban J connectivity index is 1.75. The van der Waals surface area contributed by atoms with Crippen molar-refractivity contribution in [2.75, 3.05) is 26.2 Å². The van der Waals surface area contributed by atoms with Crippen molar-refractivity contribution in [1.82, 2.24) is 15.5 Å². The number of rotatable bonds is 14. The molecule has 176 valence electrons. The van der Waals surface area contributed by atoms with Crippen molar-refractivity contribution < 1.29 is 19.5 Å². The summed E-state index contributed by atoms with van der Waals surface area (Å²) in [7, 11) is 0. The predicted molar refractivity (Wildman–Crippen MR) is 122 cm³/mol.